The number of rotatable bonds is 1. The minimum absolute atomic E-state index is 0.759. The van der Waals surface area contributed by atoms with Crippen molar-refractivity contribution in [3.63, 3.8) is 0 Å². The van der Waals surface area contributed by atoms with E-state index in [1.807, 2.05) is 30.3 Å². The maximum Gasteiger partial charge on any atom is 0.167 e. The zero-order valence-electron chi connectivity index (χ0n) is 9.33. The van der Waals surface area contributed by atoms with Crippen molar-refractivity contribution in [1.82, 2.24) is 10.1 Å². The van der Waals surface area contributed by atoms with Gasteiger partial charge in [-0.25, -0.2) is 0 Å². The van der Waals surface area contributed by atoms with Gasteiger partial charge in [-0.2, -0.15) is 0 Å². The summed E-state index contributed by atoms with van der Waals surface area (Å²) in [4.78, 5) is 4.45. The zero-order chi connectivity index (χ0) is 11.9. The number of aromatic nitrogens is 2. The Morgan fingerprint density at radius 2 is 1.94 bits per heavy atom. The number of benzene rings is 1. The van der Waals surface area contributed by atoms with Crippen molar-refractivity contribution < 1.29 is 8.94 Å². The molecule has 18 heavy (non-hydrogen) atoms. The number of nitrogens with zero attached hydrogens (tertiary/aromatic N) is 2. The number of hydrogen-bond acceptors (Lipinski definition) is 4. The standard InChI is InChI=1S/C14H8N2O2/c1-2-9(11-8-16-18-13(11)3-1)14-10-5-7-17-12(10)4-6-15-14/h1-8H. The van der Waals surface area contributed by atoms with E-state index in [2.05, 4.69) is 10.1 Å². The molecule has 0 saturated carbocycles. The third-order valence-electron chi connectivity index (χ3n) is 3.03. The van der Waals surface area contributed by atoms with Crippen molar-refractivity contribution in [1.29, 1.82) is 0 Å². The van der Waals surface area contributed by atoms with Gasteiger partial charge in [-0.15, -0.1) is 0 Å². The fourth-order valence-electron chi connectivity index (χ4n) is 2.21. The first-order chi connectivity index (χ1) is 8.93. The molecule has 0 bridgehead atoms. The molecule has 0 aliphatic carbocycles. The lowest BCUT2D eigenvalue weighted by Crippen LogP contribution is -1.84. The highest BCUT2D eigenvalue weighted by atomic mass is 16.5. The van der Waals surface area contributed by atoms with E-state index in [0.29, 0.717) is 0 Å². The molecule has 0 N–H and O–H groups in total. The summed E-state index contributed by atoms with van der Waals surface area (Å²) < 4.78 is 10.6. The van der Waals surface area contributed by atoms with Crippen molar-refractivity contribution in [3.8, 4) is 11.3 Å². The second kappa shape index (κ2) is 3.43. The molecule has 4 aromatic rings. The maximum atomic E-state index is 5.39. The summed E-state index contributed by atoms with van der Waals surface area (Å²) >= 11 is 0. The van der Waals surface area contributed by atoms with Gasteiger partial charge in [0.1, 0.15) is 5.58 Å². The summed E-state index contributed by atoms with van der Waals surface area (Å²) in [6, 6.07) is 9.61. The molecular weight excluding hydrogens is 228 g/mol. The van der Waals surface area contributed by atoms with Gasteiger partial charge in [0.2, 0.25) is 0 Å². The highest BCUT2D eigenvalue weighted by Crippen LogP contribution is 2.32. The number of hydrogen-bond donors (Lipinski definition) is 0. The summed E-state index contributed by atoms with van der Waals surface area (Å²) in [7, 11) is 0. The molecule has 4 nitrogen and oxygen atoms in total. The molecular formula is C14H8N2O2. The lowest BCUT2D eigenvalue weighted by atomic mass is 10.0. The van der Waals surface area contributed by atoms with Gasteiger partial charge in [-0.3, -0.25) is 4.98 Å². The molecule has 1 aromatic carbocycles. The molecule has 0 spiro atoms. The number of fused-ring (bicyclic) bond motifs is 2. The van der Waals surface area contributed by atoms with Crippen LogP contribution in [0.5, 0.6) is 0 Å². The Bertz CT molecular complexity index is 773. The van der Waals surface area contributed by atoms with Crippen molar-refractivity contribution in [3.05, 3.63) is 49.0 Å². The minimum Gasteiger partial charge on any atom is -0.464 e. The molecule has 3 heterocycles. The fraction of sp³-hybridized carbons (Fsp3) is 0. The molecule has 0 aliphatic rings. The van der Waals surface area contributed by atoms with E-state index in [9.17, 15) is 0 Å². The average molecular weight is 236 g/mol. The first-order valence-electron chi connectivity index (χ1n) is 5.59. The minimum atomic E-state index is 0.759. The van der Waals surface area contributed by atoms with Gasteiger partial charge in [0, 0.05) is 17.1 Å². The van der Waals surface area contributed by atoms with E-state index in [0.717, 1.165) is 33.2 Å². The van der Waals surface area contributed by atoms with Crippen LogP contribution in [-0.4, -0.2) is 10.1 Å². The molecule has 0 unspecified atom stereocenters. The van der Waals surface area contributed by atoms with Gasteiger partial charge in [0.05, 0.1) is 23.5 Å². The van der Waals surface area contributed by atoms with E-state index in [1.165, 1.54) is 0 Å². The Kier molecular flexibility index (Phi) is 1.80. The Morgan fingerprint density at radius 1 is 0.944 bits per heavy atom. The van der Waals surface area contributed by atoms with E-state index in [4.69, 9.17) is 8.94 Å². The fourth-order valence-corrected chi connectivity index (χ4v) is 2.21. The summed E-state index contributed by atoms with van der Waals surface area (Å²) in [6.45, 7) is 0. The van der Waals surface area contributed by atoms with Crippen LogP contribution in [0.4, 0.5) is 0 Å². The van der Waals surface area contributed by atoms with Crippen molar-refractivity contribution in [2.75, 3.05) is 0 Å². The van der Waals surface area contributed by atoms with Gasteiger partial charge in [0.25, 0.3) is 0 Å². The van der Waals surface area contributed by atoms with E-state index in [1.54, 1.807) is 18.7 Å². The second-order valence-electron chi connectivity index (χ2n) is 4.04. The van der Waals surface area contributed by atoms with Gasteiger partial charge >= 0.3 is 0 Å². The first-order valence-corrected chi connectivity index (χ1v) is 5.59. The van der Waals surface area contributed by atoms with Crippen molar-refractivity contribution in [2.24, 2.45) is 0 Å². The van der Waals surface area contributed by atoms with E-state index >= 15 is 0 Å². The van der Waals surface area contributed by atoms with Crippen LogP contribution in [0.2, 0.25) is 0 Å². The summed E-state index contributed by atoms with van der Waals surface area (Å²) in [5, 5.41) is 5.78. The monoisotopic (exact) mass is 236 g/mol. The summed E-state index contributed by atoms with van der Waals surface area (Å²) in [6.07, 6.45) is 5.13. The Hall–Kier alpha value is -2.62. The third-order valence-corrected chi connectivity index (χ3v) is 3.03. The summed E-state index contributed by atoms with van der Waals surface area (Å²) in [5.41, 5.74) is 3.47. The van der Waals surface area contributed by atoms with Crippen LogP contribution in [-0.2, 0) is 0 Å². The van der Waals surface area contributed by atoms with Gasteiger partial charge < -0.3 is 8.94 Å². The van der Waals surface area contributed by atoms with Crippen LogP contribution in [0.1, 0.15) is 0 Å². The quantitative estimate of drug-likeness (QED) is 0.506. The molecule has 0 saturated heterocycles. The van der Waals surface area contributed by atoms with Crippen LogP contribution in [0, 0.1) is 0 Å². The molecule has 0 atom stereocenters. The third kappa shape index (κ3) is 1.20. The van der Waals surface area contributed by atoms with E-state index in [-0.39, 0.29) is 0 Å². The molecule has 86 valence electrons. The number of pyridine rings is 1. The largest absolute Gasteiger partial charge is 0.464 e. The topological polar surface area (TPSA) is 52.1 Å². The smallest absolute Gasteiger partial charge is 0.167 e. The highest BCUT2D eigenvalue weighted by molar-refractivity contribution is 6.00. The normalized spacial score (nSPS) is 11.3. The Balaban J connectivity index is 2.13. The first kappa shape index (κ1) is 9.41. The van der Waals surface area contributed by atoms with Crippen LogP contribution >= 0.6 is 0 Å². The lowest BCUT2D eigenvalue weighted by Gasteiger charge is -2.02. The Morgan fingerprint density at radius 3 is 2.94 bits per heavy atom. The van der Waals surface area contributed by atoms with Crippen LogP contribution in [0.3, 0.4) is 0 Å². The maximum absolute atomic E-state index is 5.39. The predicted molar refractivity (Wildman–Crippen MR) is 67.0 cm³/mol. The number of furan rings is 1. The van der Waals surface area contributed by atoms with Crippen LogP contribution in [0.15, 0.2) is 57.9 Å². The van der Waals surface area contributed by atoms with Crippen LogP contribution in [0.25, 0.3) is 33.2 Å². The summed E-state index contributed by atoms with van der Waals surface area (Å²) in [5.74, 6) is 0. The molecule has 4 rings (SSSR count). The molecule has 0 fully saturated rings. The molecule has 0 aliphatic heterocycles. The van der Waals surface area contributed by atoms with Crippen LogP contribution < -0.4 is 0 Å². The molecule has 0 radical (unpaired) electrons. The highest BCUT2D eigenvalue weighted by Gasteiger charge is 2.11. The Labute approximate surface area is 102 Å². The van der Waals surface area contributed by atoms with E-state index < -0.39 is 0 Å². The van der Waals surface area contributed by atoms with Crippen molar-refractivity contribution in [2.45, 2.75) is 0 Å². The zero-order valence-corrected chi connectivity index (χ0v) is 9.33. The van der Waals surface area contributed by atoms with Gasteiger partial charge in [-0.1, -0.05) is 17.3 Å². The predicted octanol–water partition coefficient (Wildman–Crippen LogP) is 3.64. The molecule has 3 aromatic heterocycles. The van der Waals surface area contributed by atoms with Gasteiger partial charge in [-0.05, 0) is 18.2 Å². The molecule has 0 amide bonds. The second-order valence-corrected chi connectivity index (χ2v) is 4.04. The molecule has 4 heteroatoms. The van der Waals surface area contributed by atoms with Gasteiger partial charge in [0.15, 0.2) is 5.58 Å². The SMILES string of the molecule is c1cc(-c2nccc3occc23)c2cnoc2c1. The average Bonchev–Trinajstić information content (AvgIpc) is 3.06. The lowest BCUT2D eigenvalue weighted by molar-refractivity contribution is 0.456. The van der Waals surface area contributed by atoms with Crippen molar-refractivity contribution >= 4 is 21.9 Å².